The van der Waals surface area contributed by atoms with Crippen LogP contribution in [0.2, 0.25) is 0 Å². The van der Waals surface area contributed by atoms with E-state index in [0.717, 1.165) is 18.2 Å². The summed E-state index contributed by atoms with van der Waals surface area (Å²) < 4.78 is 56.0. The summed E-state index contributed by atoms with van der Waals surface area (Å²) in [6.45, 7) is 1.09. The lowest BCUT2D eigenvalue weighted by Crippen LogP contribution is -2.20. The summed E-state index contributed by atoms with van der Waals surface area (Å²) in [6, 6.07) is 8.37. The van der Waals surface area contributed by atoms with Crippen molar-refractivity contribution in [3.05, 3.63) is 59.4 Å². The van der Waals surface area contributed by atoms with Gasteiger partial charge in [0.05, 0.1) is 5.56 Å². The molecule has 122 valence electrons. The van der Waals surface area contributed by atoms with E-state index in [-0.39, 0.29) is 11.4 Å². The third-order valence-electron chi connectivity index (χ3n) is 2.99. The molecule has 1 N–H and O–H groups in total. The minimum absolute atomic E-state index is 0.0786. The fourth-order valence-electron chi connectivity index (χ4n) is 1.78. The lowest BCUT2D eigenvalue weighted by atomic mass is 10.2. The minimum Gasteiger partial charge on any atom is -0.484 e. The molecule has 2 aromatic carbocycles. The van der Waals surface area contributed by atoms with Crippen LogP contribution < -0.4 is 10.1 Å². The predicted octanol–water partition coefficient (Wildman–Crippen LogP) is 4.17. The third kappa shape index (κ3) is 4.70. The highest BCUT2D eigenvalue weighted by Gasteiger charge is 2.30. The zero-order valence-corrected chi connectivity index (χ0v) is 12.1. The molecular weight excluding hydrogens is 314 g/mol. The second kappa shape index (κ2) is 6.68. The second-order valence-electron chi connectivity index (χ2n) is 4.83. The summed E-state index contributed by atoms with van der Waals surface area (Å²) in [5.41, 5.74) is -0.190. The largest absolute Gasteiger partial charge is 0.484 e. The zero-order chi connectivity index (χ0) is 17.0. The van der Waals surface area contributed by atoms with Crippen molar-refractivity contribution in [3.8, 4) is 5.75 Å². The van der Waals surface area contributed by atoms with Crippen molar-refractivity contribution in [2.24, 2.45) is 0 Å². The first-order valence-electron chi connectivity index (χ1n) is 6.62. The Morgan fingerprint density at radius 2 is 1.91 bits per heavy atom. The Labute approximate surface area is 129 Å². The van der Waals surface area contributed by atoms with Gasteiger partial charge in [-0.15, -0.1) is 0 Å². The molecule has 0 aliphatic heterocycles. The van der Waals surface area contributed by atoms with Gasteiger partial charge in [-0.25, -0.2) is 4.39 Å². The van der Waals surface area contributed by atoms with Gasteiger partial charge in [0.1, 0.15) is 11.6 Å². The molecule has 0 saturated carbocycles. The number of ether oxygens (including phenoxy) is 1. The number of hydrogen-bond acceptors (Lipinski definition) is 2. The number of benzene rings is 2. The lowest BCUT2D eigenvalue weighted by molar-refractivity contribution is -0.137. The Morgan fingerprint density at radius 1 is 1.17 bits per heavy atom. The smallest absolute Gasteiger partial charge is 0.416 e. The zero-order valence-electron chi connectivity index (χ0n) is 12.1. The van der Waals surface area contributed by atoms with Gasteiger partial charge >= 0.3 is 6.18 Å². The minimum atomic E-state index is -4.49. The molecule has 0 radical (unpaired) electrons. The normalized spacial score (nSPS) is 11.2. The number of alkyl halides is 3. The number of hydrogen-bond donors (Lipinski definition) is 1. The van der Waals surface area contributed by atoms with Crippen LogP contribution in [0.1, 0.15) is 11.1 Å². The van der Waals surface area contributed by atoms with Crippen LogP contribution >= 0.6 is 0 Å². The van der Waals surface area contributed by atoms with E-state index in [9.17, 15) is 22.4 Å². The van der Waals surface area contributed by atoms with Crippen molar-refractivity contribution in [1.82, 2.24) is 0 Å². The Hall–Kier alpha value is -2.57. The number of anilines is 1. The number of amides is 1. The molecule has 0 saturated heterocycles. The van der Waals surface area contributed by atoms with Gasteiger partial charge in [-0.05, 0) is 42.8 Å². The Balaban J connectivity index is 1.95. The van der Waals surface area contributed by atoms with E-state index < -0.39 is 30.1 Å². The third-order valence-corrected chi connectivity index (χ3v) is 2.99. The fourth-order valence-corrected chi connectivity index (χ4v) is 1.78. The SMILES string of the molecule is Cc1ccc(NC(=O)COc2cccc(C(F)(F)F)c2)cc1F. The monoisotopic (exact) mass is 327 g/mol. The van der Waals surface area contributed by atoms with Crippen LogP contribution in [0.15, 0.2) is 42.5 Å². The fraction of sp³-hybridized carbons (Fsp3) is 0.188. The maximum Gasteiger partial charge on any atom is 0.416 e. The number of rotatable bonds is 4. The maximum atomic E-state index is 13.3. The standard InChI is InChI=1S/C16H13F4NO2/c1-10-5-6-12(8-14(10)17)21-15(22)9-23-13-4-2-3-11(7-13)16(18,19)20/h2-8H,9H2,1H3,(H,21,22). The molecule has 2 rings (SSSR count). The van der Waals surface area contributed by atoms with Crippen molar-refractivity contribution in [2.45, 2.75) is 13.1 Å². The van der Waals surface area contributed by atoms with Gasteiger partial charge in [-0.1, -0.05) is 12.1 Å². The van der Waals surface area contributed by atoms with Crippen LogP contribution in [-0.4, -0.2) is 12.5 Å². The number of carbonyl (C=O) groups excluding carboxylic acids is 1. The summed E-state index contributed by atoms with van der Waals surface area (Å²) in [7, 11) is 0. The molecule has 0 spiro atoms. The van der Waals surface area contributed by atoms with Crippen LogP contribution in [0.25, 0.3) is 0 Å². The van der Waals surface area contributed by atoms with Gasteiger partial charge in [0, 0.05) is 5.69 Å². The molecule has 7 heteroatoms. The summed E-state index contributed by atoms with van der Waals surface area (Å²) in [6.07, 6.45) is -4.49. The molecular formula is C16H13F4NO2. The van der Waals surface area contributed by atoms with E-state index >= 15 is 0 Å². The number of halogens is 4. The molecule has 0 fully saturated rings. The Kier molecular flexibility index (Phi) is 4.88. The first-order chi connectivity index (χ1) is 10.8. The Morgan fingerprint density at radius 3 is 2.57 bits per heavy atom. The molecule has 0 heterocycles. The highest BCUT2D eigenvalue weighted by atomic mass is 19.4. The number of aryl methyl sites for hydroxylation is 1. The highest BCUT2D eigenvalue weighted by Crippen LogP contribution is 2.31. The number of nitrogens with one attached hydrogen (secondary N) is 1. The van der Waals surface area contributed by atoms with Gasteiger partial charge in [-0.2, -0.15) is 13.2 Å². The van der Waals surface area contributed by atoms with Crippen LogP contribution in [0.4, 0.5) is 23.2 Å². The number of carbonyl (C=O) groups is 1. The summed E-state index contributed by atoms with van der Waals surface area (Å²) in [5, 5.41) is 2.40. The Bertz CT molecular complexity index is 713. The van der Waals surface area contributed by atoms with Crippen LogP contribution in [0, 0.1) is 12.7 Å². The molecule has 3 nitrogen and oxygen atoms in total. The van der Waals surface area contributed by atoms with Crippen molar-refractivity contribution in [3.63, 3.8) is 0 Å². The molecule has 0 atom stereocenters. The van der Waals surface area contributed by atoms with E-state index in [1.165, 1.54) is 24.3 Å². The first kappa shape index (κ1) is 16.8. The van der Waals surface area contributed by atoms with Crippen molar-refractivity contribution in [1.29, 1.82) is 0 Å². The molecule has 0 aliphatic rings. The van der Waals surface area contributed by atoms with E-state index in [4.69, 9.17) is 4.74 Å². The molecule has 0 aromatic heterocycles. The van der Waals surface area contributed by atoms with Crippen LogP contribution in [0.5, 0.6) is 5.75 Å². The second-order valence-corrected chi connectivity index (χ2v) is 4.83. The topological polar surface area (TPSA) is 38.3 Å². The van der Waals surface area contributed by atoms with E-state index in [1.807, 2.05) is 0 Å². The molecule has 2 aromatic rings. The molecule has 0 aliphatic carbocycles. The summed E-state index contributed by atoms with van der Waals surface area (Å²) in [5.74, 6) is -1.16. The molecule has 0 bridgehead atoms. The van der Waals surface area contributed by atoms with Gasteiger partial charge in [0.2, 0.25) is 0 Å². The van der Waals surface area contributed by atoms with Gasteiger partial charge in [0.15, 0.2) is 6.61 Å². The van der Waals surface area contributed by atoms with Gasteiger partial charge in [0.25, 0.3) is 5.91 Å². The van der Waals surface area contributed by atoms with Gasteiger partial charge < -0.3 is 10.1 Å². The van der Waals surface area contributed by atoms with Crippen molar-refractivity contribution < 1.29 is 27.1 Å². The molecule has 0 unspecified atom stereocenters. The highest BCUT2D eigenvalue weighted by molar-refractivity contribution is 5.91. The van der Waals surface area contributed by atoms with Crippen molar-refractivity contribution >= 4 is 11.6 Å². The quantitative estimate of drug-likeness (QED) is 0.856. The first-order valence-corrected chi connectivity index (χ1v) is 6.62. The van der Waals surface area contributed by atoms with E-state index in [0.29, 0.717) is 5.56 Å². The molecule has 1 amide bonds. The van der Waals surface area contributed by atoms with Crippen molar-refractivity contribution in [2.75, 3.05) is 11.9 Å². The summed E-state index contributed by atoms with van der Waals surface area (Å²) >= 11 is 0. The lowest BCUT2D eigenvalue weighted by Gasteiger charge is -2.10. The summed E-state index contributed by atoms with van der Waals surface area (Å²) in [4.78, 5) is 11.7. The van der Waals surface area contributed by atoms with E-state index in [1.54, 1.807) is 6.92 Å². The average Bonchev–Trinajstić information content (AvgIpc) is 2.48. The van der Waals surface area contributed by atoms with E-state index in [2.05, 4.69) is 5.32 Å². The van der Waals surface area contributed by atoms with Crippen LogP contribution in [0.3, 0.4) is 0 Å². The average molecular weight is 327 g/mol. The molecule has 23 heavy (non-hydrogen) atoms. The van der Waals surface area contributed by atoms with Gasteiger partial charge in [-0.3, -0.25) is 4.79 Å². The maximum absolute atomic E-state index is 13.3. The predicted molar refractivity (Wildman–Crippen MR) is 76.7 cm³/mol. The van der Waals surface area contributed by atoms with Crippen LogP contribution in [-0.2, 0) is 11.0 Å².